The van der Waals surface area contributed by atoms with E-state index < -0.39 is 17.6 Å². The van der Waals surface area contributed by atoms with Gasteiger partial charge in [0.05, 0.1) is 11.3 Å². The van der Waals surface area contributed by atoms with Crippen molar-refractivity contribution in [3.63, 3.8) is 0 Å². The van der Waals surface area contributed by atoms with Crippen LogP contribution in [0.4, 0.5) is 20.2 Å². The first kappa shape index (κ1) is 14.8. The van der Waals surface area contributed by atoms with Crippen molar-refractivity contribution >= 4 is 17.3 Å². The summed E-state index contributed by atoms with van der Waals surface area (Å²) in [4.78, 5) is 12.8. The minimum atomic E-state index is -1.14. The zero-order valence-corrected chi connectivity index (χ0v) is 11.3. The van der Waals surface area contributed by atoms with E-state index in [2.05, 4.69) is 0 Å². The molecule has 0 aliphatic rings. The van der Waals surface area contributed by atoms with Crippen LogP contribution in [0.25, 0.3) is 0 Å². The van der Waals surface area contributed by atoms with Crippen LogP contribution in [-0.2, 0) is 6.54 Å². The zero-order valence-electron chi connectivity index (χ0n) is 11.3. The molecule has 0 unspecified atom stereocenters. The van der Waals surface area contributed by atoms with E-state index in [-0.39, 0.29) is 17.7 Å². The maximum absolute atomic E-state index is 13.6. The molecule has 2 rings (SSSR count). The third kappa shape index (κ3) is 3.28. The van der Waals surface area contributed by atoms with Crippen molar-refractivity contribution in [3.8, 4) is 0 Å². The third-order valence-electron chi connectivity index (χ3n) is 3.08. The van der Waals surface area contributed by atoms with Gasteiger partial charge in [-0.15, -0.1) is 0 Å². The minimum absolute atomic E-state index is 0.00862. The van der Waals surface area contributed by atoms with Crippen LogP contribution in [0.5, 0.6) is 0 Å². The summed E-state index contributed by atoms with van der Waals surface area (Å²) in [6.45, 7) is 0.0355. The fourth-order valence-electron chi connectivity index (χ4n) is 2.06. The molecule has 0 fully saturated rings. The van der Waals surface area contributed by atoms with E-state index in [4.69, 9.17) is 5.73 Å². The van der Waals surface area contributed by atoms with Gasteiger partial charge in [0, 0.05) is 24.8 Å². The molecule has 3 N–H and O–H groups in total. The van der Waals surface area contributed by atoms with E-state index in [9.17, 15) is 18.7 Å². The number of hydrogen-bond donors (Lipinski definition) is 2. The molecule has 2 aromatic rings. The molecule has 6 heteroatoms. The number of benzene rings is 2. The van der Waals surface area contributed by atoms with E-state index in [1.165, 1.54) is 17.0 Å². The summed E-state index contributed by atoms with van der Waals surface area (Å²) in [5.74, 6) is -2.23. The molecular weight excluding hydrogens is 278 g/mol. The molecule has 0 heterocycles. The van der Waals surface area contributed by atoms with E-state index in [0.717, 1.165) is 18.2 Å². The Labute approximate surface area is 120 Å². The lowest BCUT2D eigenvalue weighted by molar-refractivity contribution is 0.0697. The molecule has 0 atom stereocenters. The lowest BCUT2D eigenvalue weighted by Gasteiger charge is -2.22. The second kappa shape index (κ2) is 5.78. The normalized spacial score (nSPS) is 10.4. The van der Waals surface area contributed by atoms with E-state index >= 15 is 0 Å². The van der Waals surface area contributed by atoms with Gasteiger partial charge in [-0.2, -0.15) is 0 Å². The van der Waals surface area contributed by atoms with Crippen LogP contribution in [0.1, 0.15) is 15.9 Å². The fourth-order valence-corrected chi connectivity index (χ4v) is 2.06. The average Bonchev–Trinajstić information content (AvgIpc) is 2.42. The lowest BCUT2D eigenvalue weighted by Crippen LogP contribution is -2.20. The minimum Gasteiger partial charge on any atom is -0.478 e. The van der Waals surface area contributed by atoms with Crippen molar-refractivity contribution in [2.45, 2.75) is 6.54 Å². The van der Waals surface area contributed by atoms with Gasteiger partial charge in [-0.1, -0.05) is 0 Å². The average molecular weight is 292 g/mol. The molecule has 0 saturated heterocycles. The summed E-state index contributed by atoms with van der Waals surface area (Å²) >= 11 is 0. The molecule has 110 valence electrons. The van der Waals surface area contributed by atoms with Gasteiger partial charge in [0.2, 0.25) is 0 Å². The van der Waals surface area contributed by atoms with Crippen molar-refractivity contribution in [1.29, 1.82) is 0 Å². The molecule has 0 aliphatic carbocycles. The number of carbonyl (C=O) groups is 1. The predicted octanol–water partition coefficient (Wildman–Crippen LogP) is 2.88. The Morgan fingerprint density at radius 1 is 1.24 bits per heavy atom. The molecule has 0 spiro atoms. The van der Waals surface area contributed by atoms with Crippen molar-refractivity contribution in [3.05, 3.63) is 59.2 Å². The van der Waals surface area contributed by atoms with Crippen LogP contribution in [0, 0.1) is 11.6 Å². The smallest absolute Gasteiger partial charge is 0.337 e. The van der Waals surface area contributed by atoms with Gasteiger partial charge in [0.1, 0.15) is 11.6 Å². The Hall–Kier alpha value is -2.63. The number of anilines is 2. The summed E-state index contributed by atoms with van der Waals surface area (Å²) in [7, 11) is 1.60. The van der Waals surface area contributed by atoms with Crippen LogP contribution < -0.4 is 10.6 Å². The highest BCUT2D eigenvalue weighted by Crippen LogP contribution is 2.24. The third-order valence-corrected chi connectivity index (χ3v) is 3.08. The van der Waals surface area contributed by atoms with Crippen molar-refractivity contribution < 1.29 is 18.7 Å². The van der Waals surface area contributed by atoms with Crippen LogP contribution in [0.3, 0.4) is 0 Å². The number of aromatic carboxylic acids is 1. The van der Waals surface area contributed by atoms with Crippen LogP contribution in [0.15, 0.2) is 36.4 Å². The van der Waals surface area contributed by atoms with Crippen molar-refractivity contribution in [2.24, 2.45) is 0 Å². The first-order valence-corrected chi connectivity index (χ1v) is 6.16. The summed E-state index contributed by atoms with van der Waals surface area (Å²) in [5, 5.41) is 9.19. The second-order valence-corrected chi connectivity index (χ2v) is 4.67. The Morgan fingerprint density at radius 2 is 1.95 bits per heavy atom. The molecule has 2 aromatic carbocycles. The highest BCUT2D eigenvalue weighted by Gasteiger charge is 2.15. The number of rotatable bonds is 4. The van der Waals surface area contributed by atoms with Gasteiger partial charge in [-0.05, 0) is 36.4 Å². The molecule has 0 aliphatic heterocycles. The molecule has 21 heavy (non-hydrogen) atoms. The van der Waals surface area contributed by atoms with Gasteiger partial charge in [-0.3, -0.25) is 0 Å². The molecule has 0 saturated carbocycles. The zero-order chi connectivity index (χ0) is 15.6. The van der Waals surface area contributed by atoms with Gasteiger partial charge in [0.15, 0.2) is 0 Å². The fraction of sp³-hybridized carbons (Fsp3) is 0.133. The largest absolute Gasteiger partial charge is 0.478 e. The van der Waals surface area contributed by atoms with Crippen molar-refractivity contribution in [2.75, 3.05) is 17.7 Å². The maximum Gasteiger partial charge on any atom is 0.337 e. The van der Waals surface area contributed by atoms with Gasteiger partial charge in [-0.25, -0.2) is 13.6 Å². The number of hydrogen-bond acceptors (Lipinski definition) is 3. The standard InChI is InChI=1S/C15H14F2N2O2/c1-19(8-9-6-10(16)2-4-13(9)17)14-5-3-11(18)7-12(14)15(20)21/h2-7H,8,18H2,1H3,(H,20,21). The number of nitrogens with zero attached hydrogens (tertiary/aromatic N) is 1. The van der Waals surface area contributed by atoms with E-state index in [1.54, 1.807) is 13.1 Å². The summed E-state index contributed by atoms with van der Waals surface area (Å²) in [5.41, 5.74) is 6.42. The van der Waals surface area contributed by atoms with Gasteiger partial charge in [0.25, 0.3) is 0 Å². The quantitative estimate of drug-likeness (QED) is 0.850. The molecule has 0 amide bonds. The number of nitrogen functional groups attached to an aromatic ring is 1. The number of nitrogens with two attached hydrogens (primary N) is 1. The lowest BCUT2D eigenvalue weighted by atomic mass is 10.1. The van der Waals surface area contributed by atoms with E-state index in [1.807, 2.05) is 0 Å². The second-order valence-electron chi connectivity index (χ2n) is 4.67. The number of carboxylic acid groups (broad SMARTS) is 1. The van der Waals surface area contributed by atoms with Crippen LogP contribution in [-0.4, -0.2) is 18.1 Å². The van der Waals surface area contributed by atoms with Gasteiger partial charge >= 0.3 is 5.97 Å². The number of halogens is 2. The molecule has 0 aromatic heterocycles. The maximum atomic E-state index is 13.6. The predicted molar refractivity (Wildman–Crippen MR) is 76.3 cm³/mol. The Bertz CT molecular complexity index is 689. The van der Waals surface area contributed by atoms with Crippen molar-refractivity contribution in [1.82, 2.24) is 0 Å². The van der Waals surface area contributed by atoms with Gasteiger partial charge < -0.3 is 15.7 Å². The SMILES string of the molecule is CN(Cc1cc(F)ccc1F)c1ccc(N)cc1C(=O)O. The Morgan fingerprint density at radius 3 is 2.62 bits per heavy atom. The molecule has 4 nitrogen and oxygen atoms in total. The summed E-state index contributed by atoms with van der Waals surface area (Å²) < 4.78 is 26.8. The Balaban J connectivity index is 2.34. The summed E-state index contributed by atoms with van der Waals surface area (Å²) in [6.07, 6.45) is 0. The van der Waals surface area contributed by atoms with Crippen LogP contribution >= 0.6 is 0 Å². The summed E-state index contributed by atoms with van der Waals surface area (Å²) in [6, 6.07) is 7.58. The molecular formula is C15H14F2N2O2. The molecule has 0 radical (unpaired) electrons. The molecule has 0 bridgehead atoms. The topological polar surface area (TPSA) is 66.6 Å². The highest BCUT2D eigenvalue weighted by molar-refractivity contribution is 5.95. The first-order valence-electron chi connectivity index (χ1n) is 6.16. The van der Waals surface area contributed by atoms with Crippen LogP contribution in [0.2, 0.25) is 0 Å². The highest BCUT2D eigenvalue weighted by atomic mass is 19.1. The Kier molecular flexibility index (Phi) is 4.07. The first-order chi connectivity index (χ1) is 9.88. The van der Waals surface area contributed by atoms with E-state index in [0.29, 0.717) is 11.4 Å². The number of carboxylic acids is 1. The monoisotopic (exact) mass is 292 g/mol.